The molecule has 3 N–H and O–H groups in total. The summed E-state index contributed by atoms with van der Waals surface area (Å²) in [7, 11) is 3.44. The molecule has 6 heavy (non-hydrogen) atoms. The Hall–Kier alpha value is 0.620. The van der Waals surface area contributed by atoms with Gasteiger partial charge in [-0.2, -0.15) is 0 Å². The van der Waals surface area contributed by atoms with Gasteiger partial charge in [0.15, 0.2) is 0 Å². The number of nitrogens with two attached hydrogens (primary N) is 1. The van der Waals surface area contributed by atoms with Crippen LogP contribution in [0.2, 0.25) is 0 Å². The highest BCUT2D eigenvalue weighted by Crippen LogP contribution is 2.26. The van der Waals surface area contributed by atoms with E-state index in [4.69, 9.17) is 5.73 Å². The van der Waals surface area contributed by atoms with Crippen molar-refractivity contribution < 1.29 is 0 Å². The zero-order chi connectivity index (χ0) is 4.41. The van der Waals surface area contributed by atoms with Crippen molar-refractivity contribution >= 4 is 21.6 Å². The average Bonchev–Trinajstić information content (AvgIpc) is 1.86. The van der Waals surface area contributed by atoms with Gasteiger partial charge in [0.05, 0.1) is 5.88 Å². The Bertz CT molecular complexity index is 42.8. The Morgan fingerprint density at radius 2 is 2.67 bits per heavy atom. The van der Waals surface area contributed by atoms with E-state index in [0.29, 0.717) is 0 Å². The molecule has 1 aliphatic heterocycles. The molecule has 36 valence electrons. The van der Waals surface area contributed by atoms with E-state index >= 15 is 0 Å². The van der Waals surface area contributed by atoms with E-state index in [0.717, 1.165) is 5.88 Å². The molecule has 0 aromatic rings. The Labute approximate surface area is 44.6 Å². The normalized spacial score (nSPS) is 34.5. The van der Waals surface area contributed by atoms with Gasteiger partial charge in [0.25, 0.3) is 0 Å². The Balaban J connectivity index is 2.18. The first-order valence-electron chi connectivity index (χ1n) is 1.67. The molecular weight excluding hydrogens is 116 g/mol. The number of nitrogens with one attached hydrogen (secondary N) is 1. The third-order valence-electron chi connectivity index (χ3n) is 0.515. The van der Waals surface area contributed by atoms with Gasteiger partial charge >= 0.3 is 0 Å². The predicted molar refractivity (Wildman–Crippen MR) is 31.2 cm³/mol. The van der Waals surface area contributed by atoms with Crippen molar-refractivity contribution in [2.24, 2.45) is 5.73 Å². The summed E-state index contributed by atoms with van der Waals surface area (Å²) in [5.41, 5.74) is 5.54. The first-order valence-corrected chi connectivity index (χ1v) is 4.05. The highest BCUT2D eigenvalue weighted by molar-refractivity contribution is 8.77. The molecule has 0 aromatic heterocycles. The second kappa shape index (κ2) is 2.07. The van der Waals surface area contributed by atoms with Crippen molar-refractivity contribution in [3.8, 4) is 0 Å². The summed E-state index contributed by atoms with van der Waals surface area (Å²) < 4.78 is 0. The first-order chi connectivity index (χ1) is 2.89. The van der Waals surface area contributed by atoms with E-state index < -0.39 is 0 Å². The fourth-order valence-corrected chi connectivity index (χ4v) is 2.03. The van der Waals surface area contributed by atoms with Gasteiger partial charge in [-0.3, -0.25) is 5.32 Å². The maximum absolute atomic E-state index is 5.37. The SMILES string of the molecule is NC1NCSS1. The third-order valence-corrected chi connectivity index (χ3v) is 2.69. The van der Waals surface area contributed by atoms with Gasteiger partial charge in [0, 0.05) is 0 Å². The monoisotopic (exact) mass is 122 g/mol. The molecular formula is C2H6N2S2. The van der Waals surface area contributed by atoms with Gasteiger partial charge in [-0.25, -0.2) is 0 Å². The van der Waals surface area contributed by atoms with Crippen LogP contribution < -0.4 is 11.1 Å². The first kappa shape index (κ1) is 4.77. The quantitative estimate of drug-likeness (QED) is 0.449. The van der Waals surface area contributed by atoms with E-state index in [1.807, 2.05) is 0 Å². The summed E-state index contributed by atoms with van der Waals surface area (Å²) in [6.45, 7) is 0. The summed E-state index contributed by atoms with van der Waals surface area (Å²) in [6.07, 6.45) is 0. The van der Waals surface area contributed by atoms with Crippen LogP contribution in [-0.4, -0.2) is 11.4 Å². The van der Waals surface area contributed by atoms with E-state index in [-0.39, 0.29) is 5.50 Å². The number of rotatable bonds is 0. The second-order valence-corrected chi connectivity index (χ2v) is 3.49. The summed E-state index contributed by atoms with van der Waals surface area (Å²) in [4.78, 5) is 0. The van der Waals surface area contributed by atoms with Crippen molar-refractivity contribution in [2.75, 3.05) is 5.88 Å². The molecule has 0 spiro atoms. The van der Waals surface area contributed by atoms with Crippen LogP contribution in [0, 0.1) is 0 Å². The van der Waals surface area contributed by atoms with Crippen molar-refractivity contribution in [1.29, 1.82) is 0 Å². The molecule has 1 aliphatic rings. The van der Waals surface area contributed by atoms with Crippen LogP contribution in [0.1, 0.15) is 0 Å². The van der Waals surface area contributed by atoms with Gasteiger partial charge < -0.3 is 5.73 Å². The smallest absolute Gasteiger partial charge is 0.114 e. The fourth-order valence-electron chi connectivity index (χ4n) is 0.257. The minimum Gasteiger partial charge on any atom is -0.307 e. The number of hydrogen-bond acceptors (Lipinski definition) is 4. The van der Waals surface area contributed by atoms with Crippen molar-refractivity contribution in [2.45, 2.75) is 5.50 Å². The lowest BCUT2D eigenvalue weighted by atomic mass is 11.1. The topological polar surface area (TPSA) is 38.0 Å². The highest BCUT2D eigenvalue weighted by Gasteiger charge is 2.07. The van der Waals surface area contributed by atoms with Gasteiger partial charge in [0.2, 0.25) is 0 Å². The van der Waals surface area contributed by atoms with E-state index in [2.05, 4.69) is 5.32 Å². The molecule has 1 atom stereocenters. The maximum atomic E-state index is 5.37. The Kier molecular flexibility index (Phi) is 1.64. The van der Waals surface area contributed by atoms with Gasteiger partial charge in [-0.1, -0.05) is 21.6 Å². The lowest BCUT2D eigenvalue weighted by Crippen LogP contribution is -2.27. The van der Waals surface area contributed by atoms with Crippen molar-refractivity contribution in [1.82, 2.24) is 5.32 Å². The van der Waals surface area contributed by atoms with E-state index in [1.54, 1.807) is 21.6 Å². The zero-order valence-corrected chi connectivity index (χ0v) is 4.81. The maximum Gasteiger partial charge on any atom is 0.114 e. The zero-order valence-electron chi connectivity index (χ0n) is 3.18. The van der Waals surface area contributed by atoms with Crippen LogP contribution in [0.3, 0.4) is 0 Å². The fraction of sp³-hybridized carbons (Fsp3) is 1.00. The summed E-state index contributed by atoms with van der Waals surface area (Å²) >= 11 is 0. The van der Waals surface area contributed by atoms with Crippen molar-refractivity contribution in [3.63, 3.8) is 0 Å². The van der Waals surface area contributed by atoms with Crippen LogP contribution in [0.25, 0.3) is 0 Å². The molecule has 1 fully saturated rings. The minimum absolute atomic E-state index is 0.176. The van der Waals surface area contributed by atoms with Crippen LogP contribution in [-0.2, 0) is 0 Å². The standard InChI is InChI=1S/C2H6N2S2/c3-2-4-1-5-6-2/h2,4H,1,3H2. The van der Waals surface area contributed by atoms with E-state index in [1.165, 1.54) is 0 Å². The molecule has 4 heteroatoms. The van der Waals surface area contributed by atoms with E-state index in [9.17, 15) is 0 Å². The Morgan fingerprint density at radius 1 is 1.83 bits per heavy atom. The third kappa shape index (κ3) is 1.04. The molecule has 0 radical (unpaired) electrons. The lowest BCUT2D eigenvalue weighted by Gasteiger charge is -1.93. The molecule has 1 rings (SSSR count). The summed E-state index contributed by atoms with van der Waals surface area (Å²) in [5, 5.41) is 3.02. The van der Waals surface area contributed by atoms with Gasteiger partial charge in [0.1, 0.15) is 5.50 Å². The minimum atomic E-state index is 0.176. The molecule has 0 bridgehead atoms. The lowest BCUT2D eigenvalue weighted by molar-refractivity contribution is 0.771. The highest BCUT2D eigenvalue weighted by atomic mass is 33.1. The van der Waals surface area contributed by atoms with Crippen LogP contribution in [0.4, 0.5) is 0 Å². The van der Waals surface area contributed by atoms with Gasteiger partial charge in [-0.05, 0) is 0 Å². The molecule has 1 heterocycles. The molecule has 0 aromatic carbocycles. The van der Waals surface area contributed by atoms with Crippen molar-refractivity contribution in [3.05, 3.63) is 0 Å². The molecule has 0 amide bonds. The predicted octanol–water partition coefficient (Wildman–Crippen LogP) is 0.171. The second-order valence-electron chi connectivity index (χ2n) is 0.983. The van der Waals surface area contributed by atoms with Gasteiger partial charge in [-0.15, -0.1) is 0 Å². The largest absolute Gasteiger partial charge is 0.307 e. The molecule has 2 nitrogen and oxygen atoms in total. The molecule has 1 unspecified atom stereocenters. The molecule has 1 saturated heterocycles. The summed E-state index contributed by atoms with van der Waals surface area (Å²) in [5.74, 6) is 0.992. The van der Waals surface area contributed by atoms with Crippen LogP contribution in [0.15, 0.2) is 0 Å². The molecule has 0 aliphatic carbocycles. The number of hydrogen-bond donors (Lipinski definition) is 2. The van der Waals surface area contributed by atoms with Crippen LogP contribution >= 0.6 is 21.6 Å². The average molecular weight is 122 g/mol. The summed E-state index contributed by atoms with van der Waals surface area (Å²) in [6, 6.07) is 0. The molecule has 0 saturated carbocycles. The Morgan fingerprint density at radius 3 is 2.83 bits per heavy atom. The van der Waals surface area contributed by atoms with Crippen LogP contribution in [0.5, 0.6) is 0 Å².